The number of benzene rings is 2. The molecule has 110 valence electrons. The van der Waals surface area contributed by atoms with Crippen LogP contribution in [0.1, 0.15) is 23.6 Å². The maximum Gasteiger partial charge on any atom is 0.119 e. The molecule has 0 aliphatic rings. The number of hydrogen-bond acceptors (Lipinski definition) is 4. The van der Waals surface area contributed by atoms with Gasteiger partial charge in [-0.2, -0.15) is 0 Å². The molecule has 2 aromatic rings. The third-order valence-corrected chi connectivity index (χ3v) is 3.15. The van der Waals surface area contributed by atoms with Gasteiger partial charge in [0.25, 0.3) is 0 Å². The normalized spacial score (nSPS) is 11.5. The first-order valence-electron chi connectivity index (χ1n) is 6.52. The van der Waals surface area contributed by atoms with Crippen molar-refractivity contribution in [2.45, 2.75) is 13.5 Å². The van der Waals surface area contributed by atoms with Crippen LogP contribution < -0.4 is 4.74 Å². The van der Waals surface area contributed by atoms with Crippen molar-refractivity contribution >= 4 is 11.6 Å². The number of aliphatic hydroxyl groups excluding tert-OH is 1. The minimum absolute atomic E-state index is 0.0134. The van der Waals surface area contributed by atoms with Crippen molar-refractivity contribution in [1.29, 1.82) is 0 Å². The van der Waals surface area contributed by atoms with Crippen LogP contribution in [-0.4, -0.2) is 22.4 Å². The quantitative estimate of drug-likeness (QED) is 0.755. The van der Waals surface area contributed by atoms with Crippen molar-refractivity contribution < 1.29 is 20.1 Å². The first-order valence-corrected chi connectivity index (χ1v) is 6.52. The SMILES string of the molecule is COc1cc(/C=C(\C)c2cc(O)cc(O)c2)cc(CO)c1. The molecule has 0 saturated heterocycles. The maximum absolute atomic E-state index is 9.53. The van der Waals surface area contributed by atoms with Crippen LogP contribution in [0.25, 0.3) is 11.6 Å². The van der Waals surface area contributed by atoms with E-state index in [1.165, 1.54) is 6.07 Å². The van der Waals surface area contributed by atoms with E-state index in [2.05, 4.69) is 0 Å². The highest BCUT2D eigenvalue weighted by atomic mass is 16.5. The molecule has 0 unspecified atom stereocenters. The van der Waals surface area contributed by atoms with Crippen LogP contribution >= 0.6 is 0 Å². The Labute approximate surface area is 123 Å². The van der Waals surface area contributed by atoms with Gasteiger partial charge in [-0.1, -0.05) is 6.08 Å². The van der Waals surface area contributed by atoms with Gasteiger partial charge in [-0.05, 0) is 59.5 Å². The van der Waals surface area contributed by atoms with Crippen molar-refractivity contribution in [3.05, 3.63) is 53.1 Å². The molecule has 0 saturated carbocycles. The van der Waals surface area contributed by atoms with Gasteiger partial charge in [0.1, 0.15) is 17.2 Å². The average molecular weight is 286 g/mol. The maximum atomic E-state index is 9.53. The predicted molar refractivity (Wildman–Crippen MR) is 82.2 cm³/mol. The van der Waals surface area contributed by atoms with E-state index in [0.717, 1.165) is 22.3 Å². The second-order valence-electron chi connectivity index (χ2n) is 4.84. The summed E-state index contributed by atoms with van der Waals surface area (Å²) < 4.78 is 5.20. The summed E-state index contributed by atoms with van der Waals surface area (Å²) in [7, 11) is 1.57. The Bertz CT molecular complexity index is 632. The zero-order valence-electron chi connectivity index (χ0n) is 12.0. The lowest BCUT2D eigenvalue weighted by atomic mass is 10.0. The summed E-state index contributed by atoms with van der Waals surface area (Å²) in [6, 6.07) is 9.93. The summed E-state index contributed by atoms with van der Waals surface area (Å²) in [6.07, 6.45) is 1.90. The Morgan fingerprint density at radius 2 is 1.71 bits per heavy atom. The molecule has 0 amide bonds. The van der Waals surface area contributed by atoms with E-state index in [9.17, 15) is 15.3 Å². The molecule has 0 heterocycles. The lowest BCUT2D eigenvalue weighted by Gasteiger charge is -2.07. The van der Waals surface area contributed by atoms with Crippen LogP contribution in [0.4, 0.5) is 0 Å². The van der Waals surface area contributed by atoms with Crippen LogP contribution in [0.2, 0.25) is 0 Å². The van der Waals surface area contributed by atoms with Crippen LogP contribution in [0.3, 0.4) is 0 Å². The zero-order chi connectivity index (χ0) is 15.4. The highest BCUT2D eigenvalue weighted by molar-refractivity contribution is 5.81. The van der Waals surface area contributed by atoms with Crippen LogP contribution in [0.5, 0.6) is 17.2 Å². The van der Waals surface area contributed by atoms with Gasteiger partial charge in [-0.15, -0.1) is 0 Å². The number of aliphatic hydroxyl groups is 1. The number of phenols is 2. The molecule has 0 radical (unpaired) electrons. The molecule has 3 N–H and O–H groups in total. The summed E-state index contributed by atoms with van der Waals surface area (Å²) in [6.45, 7) is 1.82. The molecule has 0 atom stereocenters. The van der Waals surface area contributed by atoms with E-state index in [0.29, 0.717) is 5.75 Å². The molecule has 2 aromatic carbocycles. The summed E-state index contributed by atoms with van der Waals surface area (Å²) >= 11 is 0. The summed E-state index contributed by atoms with van der Waals surface area (Å²) in [5, 5.41) is 28.3. The highest BCUT2D eigenvalue weighted by Crippen LogP contribution is 2.27. The van der Waals surface area contributed by atoms with Gasteiger partial charge in [0.15, 0.2) is 0 Å². The second-order valence-corrected chi connectivity index (χ2v) is 4.84. The number of phenolic OH excluding ortho intramolecular Hbond substituents is 2. The second kappa shape index (κ2) is 6.33. The first-order chi connectivity index (χ1) is 10.0. The van der Waals surface area contributed by atoms with E-state index < -0.39 is 0 Å². The molecule has 0 aliphatic carbocycles. The molecule has 4 nitrogen and oxygen atoms in total. The lowest BCUT2D eigenvalue weighted by molar-refractivity contribution is 0.281. The van der Waals surface area contributed by atoms with Gasteiger partial charge >= 0.3 is 0 Å². The molecule has 21 heavy (non-hydrogen) atoms. The van der Waals surface area contributed by atoms with Gasteiger partial charge in [-0.25, -0.2) is 0 Å². The van der Waals surface area contributed by atoms with E-state index in [4.69, 9.17) is 4.74 Å². The standard InChI is InChI=1S/C17H18O4/c1-11(14-7-15(19)9-16(20)8-14)3-12-4-13(10-18)6-17(5-12)21-2/h3-9,18-20H,10H2,1-2H3/b11-3+. The van der Waals surface area contributed by atoms with Crippen LogP contribution in [0, 0.1) is 0 Å². The molecule has 0 bridgehead atoms. The number of allylic oxidation sites excluding steroid dienone is 1. The van der Waals surface area contributed by atoms with E-state index >= 15 is 0 Å². The number of rotatable bonds is 4. The minimum atomic E-state index is -0.0655. The Kier molecular flexibility index (Phi) is 4.50. The fourth-order valence-electron chi connectivity index (χ4n) is 2.13. The topological polar surface area (TPSA) is 69.9 Å². The Morgan fingerprint density at radius 3 is 2.29 bits per heavy atom. The molecular formula is C17H18O4. The summed E-state index contributed by atoms with van der Waals surface area (Å²) in [4.78, 5) is 0. The third-order valence-electron chi connectivity index (χ3n) is 3.15. The molecule has 0 aromatic heterocycles. The van der Waals surface area contributed by atoms with Crippen LogP contribution in [0.15, 0.2) is 36.4 Å². The van der Waals surface area contributed by atoms with Crippen molar-refractivity contribution in [2.75, 3.05) is 7.11 Å². The fourth-order valence-corrected chi connectivity index (χ4v) is 2.13. The zero-order valence-corrected chi connectivity index (χ0v) is 12.0. The largest absolute Gasteiger partial charge is 0.508 e. The molecule has 4 heteroatoms. The summed E-state index contributed by atoms with van der Waals surface area (Å²) in [5.41, 5.74) is 3.23. The molecule has 0 spiro atoms. The van der Waals surface area contributed by atoms with Crippen molar-refractivity contribution in [2.24, 2.45) is 0 Å². The van der Waals surface area contributed by atoms with Gasteiger partial charge < -0.3 is 20.1 Å². The molecule has 2 rings (SSSR count). The molecular weight excluding hydrogens is 268 g/mol. The monoisotopic (exact) mass is 286 g/mol. The fraction of sp³-hybridized carbons (Fsp3) is 0.176. The van der Waals surface area contributed by atoms with Crippen molar-refractivity contribution in [3.63, 3.8) is 0 Å². The minimum Gasteiger partial charge on any atom is -0.508 e. The van der Waals surface area contributed by atoms with E-state index in [-0.39, 0.29) is 18.1 Å². The lowest BCUT2D eigenvalue weighted by Crippen LogP contribution is -1.90. The van der Waals surface area contributed by atoms with Crippen molar-refractivity contribution in [3.8, 4) is 17.2 Å². The Hall–Kier alpha value is -2.46. The first kappa shape index (κ1) is 14.9. The van der Waals surface area contributed by atoms with Gasteiger partial charge in [0.2, 0.25) is 0 Å². The van der Waals surface area contributed by atoms with Gasteiger partial charge in [0, 0.05) is 6.07 Å². The Morgan fingerprint density at radius 1 is 1.05 bits per heavy atom. The highest BCUT2D eigenvalue weighted by Gasteiger charge is 2.03. The number of hydrogen-bond donors (Lipinski definition) is 3. The van der Waals surface area contributed by atoms with Gasteiger partial charge in [0.05, 0.1) is 13.7 Å². The third kappa shape index (κ3) is 3.77. The van der Waals surface area contributed by atoms with Crippen molar-refractivity contribution in [1.82, 2.24) is 0 Å². The smallest absolute Gasteiger partial charge is 0.119 e. The molecule has 0 fully saturated rings. The van der Waals surface area contributed by atoms with E-state index in [1.807, 2.05) is 25.1 Å². The predicted octanol–water partition coefficient (Wildman–Crippen LogP) is 3.16. The van der Waals surface area contributed by atoms with E-state index in [1.54, 1.807) is 25.3 Å². The summed E-state index contributed by atoms with van der Waals surface area (Å²) in [5.74, 6) is 0.693. The van der Waals surface area contributed by atoms with Gasteiger partial charge in [-0.3, -0.25) is 0 Å². The average Bonchev–Trinajstić information content (AvgIpc) is 2.45. The number of ether oxygens (including phenoxy) is 1. The number of methoxy groups -OCH3 is 1. The van der Waals surface area contributed by atoms with Crippen LogP contribution in [-0.2, 0) is 6.61 Å². The Balaban J connectivity index is 2.42. The number of aromatic hydroxyl groups is 2. The molecule has 0 aliphatic heterocycles.